The maximum Gasteiger partial charge on any atom is 0.244 e. The summed E-state index contributed by atoms with van der Waals surface area (Å²) in [6, 6.07) is 4.40. The summed E-state index contributed by atoms with van der Waals surface area (Å²) in [6.07, 6.45) is 0. The quantitative estimate of drug-likeness (QED) is 0.658. The summed E-state index contributed by atoms with van der Waals surface area (Å²) < 4.78 is 32.3. The van der Waals surface area contributed by atoms with Crippen LogP contribution >= 0.6 is 11.8 Å². The minimum absolute atomic E-state index is 0.0789. The molecule has 0 atom stereocenters. The molecule has 1 aliphatic rings. The van der Waals surface area contributed by atoms with Crippen molar-refractivity contribution in [1.29, 1.82) is 0 Å². The Hall–Kier alpha value is -1.78. The third kappa shape index (κ3) is 5.14. The predicted octanol–water partition coefficient (Wildman–Crippen LogP) is 1.59. The molecule has 1 saturated heterocycles. The lowest BCUT2D eigenvalue weighted by Gasteiger charge is -2.20. The number of rotatable bonds is 9. The fraction of sp³-hybridized carbons (Fsp3) is 0.529. The Morgan fingerprint density at radius 2 is 2.00 bits per heavy atom. The van der Waals surface area contributed by atoms with Gasteiger partial charge in [-0.25, -0.2) is 8.42 Å². The van der Waals surface area contributed by atoms with Gasteiger partial charge in [0.15, 0.2) is 0 Å². The normalized spacial score (nSPS) is 14.7. The van der Waals surface area contributed by atoms with Crippen molar-refractivity contribution in [3.8, 4) is 5.75 Å². The Labute approximate surface area is 164 Å². The number of anilines is 1. The van der Waals surface area contributed by atoms with Crippen LogP contribution < -0.4 is 10.1 Å². The monoisotopic (exact) mass is 415 g/mol. The molecule has 1 heterocycles. The average Bonchev–Trinajstić information content (AvgIpc) is 3.02. The zero-order chi connectivity index (χ0) is 20.0. The molecule has 1 fully saturated rings. The van der Waals surface area contributed by atoms with Gasteiger partial charge in [0.2, 0.25) is 21.8 Å². The van der Waals surface area contributed by atoms with Crippen LogP contribution in [-0.4, -0.2) is 67.3 Å². The number of thioether (sulfide) groups is 1. The van der Waals surface area contributed by atoms with Gasteiger partial charge in [-0.2, -0.15) is 4.31 Å². The van der Waals surface area contributed by atoms with E-state index in [1.54, 1.807) is 20.8 Å². The van der Waals surface area contributed by atoms with E-state index < -0.39 is 15.9 Å². The van der Waals surface area contributed by atoms with Gasteiger partial charge in [-0.3, -0.25) is 9.59 Å². The van der Waals surface area contributed by atoms with Gasteiger partial charge >= 0.3 is 0 Å². The fourth-order valence-electron chi connectivity index (χ4n) is 2.66. The van der Waals surface area contributed by atoms with Gasteiger partial charge in [-0.15, -0.1) is 11.8 Å². The highest BCUT2D eigenvalue weighted by Crippen LogP contribution is 2.29. The molecule has 0 aromatic heterocycles. The van der Waals surface area contributed by atoms with Gasteiger partial charge in [0.05, 0.1) is 28.8 Å². The molecule has 27 heavy (non-hydrogen) atoms. The van der Waals surface area contributed by atoms with Crippen LogP contribution in [0.1, 0.15) is 20.8 Å². The van der Waals surface area contributed by atoms with Gasteiger partial charge in [0.1, 0.15) is 12.3 Å². The lowest BCUT2D eigenvalue weighted by Crippen LogP contribution is -2.34. The zero-order valence-corrected chi connectivity index (χ0v) is 17.4. The molecule has 0 aliphatic carbocycles. The predicted molar refractivity (Wildman–Crippen MR) is 105 cm³/mol. The van der Waals surface area contributed by atoms with E-state index in [-0.39, 0.29) is 23.0 Å². The minimum Gasteiger partial charge on any atom is -0.492 e. The third-order valence-corrected chi connectivity index (χ3v) is 7.02. The summed E-state index contributed by atoms with van der Waals surface area (Å²) in [5.41, 5.74) is 0.273. The summed E-state index contributed by atoms with van der Waals surface area (Å²) in [5.74, 6) is 0.740. The van der Waals surface area contributed by atoms with Crippen molar-refractivity contribution in [3.63, 3.8) is 0 Å². The van der Waals surface area contributed by atoms with Crippen LogP contribution in [0.4, 0.5) is 5.69 Å². The van der Waals surface area contributed by atoms with Crippen LogP contribution in [0.25, 0.3) is 0 Å². The second-order valence-corrected chi connectivity index (χ2v) is 8.69. The molecule has 0 spiro atoms. The van der Waals surface area contributed by atoms with Crippen molar-refractivity contribution in [2.45, 2.75) is 25.7 Å². The highest BCUT2D eigenvalue weighted by Gasteiger charge is 2.25. The number of nitrogens with one attached hydrogen (secondary N) is 1. The number of hydrogen-bond donors (Lipinski definition) is 1. The molecular formula is C17H25N3O5S2. The fourth-order valence-corrected chi connectivity index (χ4v) is 5.05. The van der Waals surface area contributed by atoms with E-state index in [1.807, 2.05) is 0 Å². The molecule has 0 bridgehead atoms. The number of hydrogen-bond acceptors (Lipinski definition) is 6. The van der Waals surface area contributed by atoms with E-state index in [1.165, 1.54) is 39.2 Å². The molecular weight excluding hydrogens is 390 g/mol. The maximum absolute atomic E-state index is 12.7. The number of carbonyl (C=O) groups is 2. The third-order valence-electron chi connectivity index (χ3n) is 4.03. The van der Waals surface area contributed by atoms with Crippen LogP contribution in [-0.2, 0) is 19.6 Å². The van der Waals surface area contributed by atoms with E-state index in [9.17, 15) is 18.0 Å². The zero-order valence-electron chi connectivity index (χ0n) is 15.7. The topological polar surface area (TPSA) is 96.0 Å². The first-order chi connectivity index (χ1) is 12.8. The molecule has 1 N–H and O–H groups in total. The molecule has 10 heteroatoms. The number of sulfonamides is 1. The largest absolute Gasteiger partial charge is 0.492 e. The SMILES string of the molecule is CCOc1ccc(S(=O)(=O)N(CC)CC)cc1NC(=O)CN1CSCC1=O. The van der Waals surface area contributed by atoms with E-state index in [0.29, 0.717) is 37.1 Å². The molecule has 150 valence electrons. The summed E-state index contributed by atoms with van der Waals surface area (Å²) in [6.45, 7) is 6.32. The molecule has 1 aromatic carbocycles. The molecule has 0 unspecified atom stereocenters. The van der Waals surface area contributed by atoms with Crippen molar-refractivity contribution in [2.75, 3.05) is 43.2 Å². The van der Waals surface area contributed by atoms with Crippen molar-refractivity contribution < 1.29 is 22.7 Å². The standard InChI is InChI=1S/C17H25N3O5S2/c1-4-20(5-2)27(23,24)13-7-8-15(25-6-3)14(9-13)18-16(21)10-19-12-26-11-17(19)22/h7-9H,4-6,10-12H2,1-3H3,(H,18,21). The van der Waals surface area contributed by atoms with Gasteiger partial charge in [0.25, 0.3) is 0 Å². The molecule has 1 aromatic rings. The second kappa shape index (κ2) is 9.43. The number of benzene rings is 1. The molecule has 0 radical (unpaired) electrons. The first-order valence-electron chi connectivity index (χ1n) is 8.75. The highest BCUT2D eigenvalue weighted by molar-refractivity contribution is 8.00. The number of ether oxygens (including phenoxy) is 1. The smallest absolute Gasteiger partial charge is 0.244 e. The second-order valence-electron chi connectivity index (χ2n) is 5.80. The number of nitrogens with zero attached hydrogens (tertiary/aromatic N) is 2. The molecule has 1 aliphatic heterocycles. The molecule has 2 rings (SSSR count). The van der Waals surface area contributed by atoms with Crippen molar-refractivity contribution >= 4 is 39.3 Å². The van der Waals surface area contributed by atoms with Gasteiger partial charge < -0.3 is 15.0 Å². The van der Waals surface area contributed by atoms with Crippen LogP contribution in [0.15, 0.2) is 23.1 Å². The molecule has 2 amide bonds. The summed E-state index contributed by atoms with van der Waals surface area (Å²) in [4.78, 5) is 25.6. The van der Waals surface area contributed by atoms with Crippen LogP contribution in [0.5, 0.6) is 5.75 Å². The Balaban J connectivity index is 2.27. The Morgan fingerprint density at radius 3 is 2.56 bits per heavy atom. The lowest BCUT2D eigenvalue weighted by molar-refractivity contribution is -0.130. The van der Waals surface area contributed by atoms with Crippen LogP contribution in [0.3, 0.4) is 0 Å². The van der Waals surface area contributed by atoms with Gasteiger partial charge in [-0.1, -0.05) is 13.8 Å². The molecule has 8 nitrogen and oxygen atoms in total. The van der Waals surface area contributed by atoms with E-state index in [4.69, 9.17) is 4.74 Å². The van der Waals surface area contributed by atoms with E-state index >= 15 is 0 Å². The first-order valence-corrected chi connectivity index (χ1v) is 11.3. The number of carbonyl (C=O) groups excluding carboxylic acids is 2. The Bertz CT molecular complexity index is 794. The summed E-state index contributed by atoms with van der Waals surface area (Å²) in [7, 11) is -3.66. The van der Waals surface area contributed by atoms with Crippen LogP contribution in [0.2, 0.25) is 0 Å². The van der Waals surface area contributed by atoms with E-state index in [0.717, 1.165) is 0 Å². The van der Waals surface area contributed by atoms with Gasteiger partial charge in [-0.05, 0) is 25.1 Å². The van der Waals surface area contributed by atoms with Crippen molar-refractivity contribution in [2.24, 2.45) is 0 Å². The lowest BCUT2D eigenvalue weighted by atomic mass is 10.3. The van der Waals surface area contributed by atoms with Crippen molar-refractivity contribution in [1.82, 2.24) is 9.21 Å². The Kier molecular flexibility index (Phi) is 7.51. The average molecular weight is 416 g/mol. The van der Waals surface area contributed by atoms with Crippen molar-refractivity contribution in [3.05, 3.63) is 18.2 Å². The van der Waals surface area contributed by atoms with Crippen LogP contribution in [0, 0.1) is 0 Å². The molecule has 0 saturated carbocycles. The maximum atomic E-state index is 12.7. The Morgan fingerprint density at radius 1 is 1.30 bits per heavy atom. The highest BCUT2D eigenvalue weighted by atomic mass is 32.2. The van der Waals surface area contributed by atoms with Gasteiger partial charge in [0, 0.05) is 13.1 Å². The first kappa shape index (κ1) is 21.5. The van der Waals surface area contributed by atoms with E-state index in [2.05, 4.69) is 5.32 Å². The minimum atomic E-state index is -3.66. The summed E-state index contributed by atoms with van der Waals surface area (Å²) in [5, 5.41) is 2.68. The summed E-state index contributed by atoms with van der Waals surface area (Å²) >= 11 is 1.45. The number of amides is 2.